The van der Waals surface area contributed by atoms with Crippen molar-refractivity contribution in [3.05, 3.63) is 0 Å². The van der Waals surface area contributed by atoms with E-state index in [0.717, 1.165) is 45.1 Å². The van der Waals surface area contributed by atoms with E-state index in [0.29, 0.717) is 11.4 Å². The third-order valence-corrected chi connectivity index (χ3v) is 4.17. The summed E-state index contributed by atoms with van der Waals surface area (Å²) in [7, 11) is 0. The topological polar surface area (TPSA) is 30.5 Å². The minimum absolute atomic E-state index is 0.514. The van der Waals surface area contributed by atoms with E-state index in [1.807, 2.05) is 18.7 Å². The van der Waals surface area contributed by atoms with Gasteiger partial charge < -0.3 is 14.8 Å². The lowest BCUT2D eigenvalue weighted by Gasteiger charge is -2.15. The average Bonchev–Trinajstić information content (AvgIpc) is 2.84. The lowest BCUT2D eigenvalue weighted by Crippen LogP contribution is -2.25. The fraction of sp³-hybridized carbons (Fsp3) is 1.00. The Morgan fingerprint density at radius 1 is 1.53 bits per heavy atom. The van der Waals surface area contributed by atoms with Crippen LogP contribution in [0.5, 0.6) is 0 Å². The number of hydrogen-bond acceptors (Lipinski definition) is 4. The lowest BCUT2D eigenvalue weighted by molar-refractivity contribution is 0.129. The van der Waals surface area contributed by atoms with Gasteiger partial charge in [0, 0.05) is 37.4 Å². The monoisotopic (exact) mass is 261 g/mol. The van der Waals surface area contributed by atoms with Gasteiger partial charge in [0.05, 0.1) is 6.10 Å². The first kappa shape index (κ1) is 15.3. The molecule has 1 aliphatic heterocycles. The third kappa shape index (κ3) is 8.03. The number of rotatable bonds is 10. The molecule has 1 saturated heterocycles. The van der Waals surface area contributed by atoms with Gasteiger partial charge in [-0.1, -0.05) is 6.92 Å². The molecule has 0 saturated carbocycles. The molecule has 0 aromatic heterocycles. The van der Waals surface area contributed by atoms with Crippen LogP contribution in [0.2, 0.25) is 0 Å². The third-order valence-electron chi connectivity index (χ3n) is 2.87. The molecule has 0 amide bonds. The molecule has 0 aliphatic carbocycles. The Kier molecular flexibility index (Phi) is 9.16. The molecule has 1 N–H and O–H groups in total. The normalized spacial score (nSPS) is 21.9. The van der Waals surface area contributed by atoms with Gasteiger partial charge in [-0.05, 0) is 32.7 Å². The summed E-state index contributed by atoms with van der Waals surface area (Å²) in [6.07, 6.45) is 4.12. The fourth-order valence-electron chi connectivity index (χ4n) is 1.86. The van der Waals surface area contributed by atoms with Crippen LogP contribution in [0.4, 0.5) is 0 Å². The van der Waals surface area contributed by atoms with Crippen molar-refractivity contribution >= 4 is 11.8 Å². The number of thioether (sulfide) groups is 1. The van der Waals surface area contributed by atoms with Crippen LogP contribution in [0.3, 0.4) is 0 Å². The molecule has 17 heavy (non-hydrogen) atoms. The molecule has 0 aromatic rings. The first-order valence-corrected chi connectivity index (χ1v) is 7.89. The van der Waals surface area contributed by atoms with Gasteiger partial charge in [-0.15, -0.1) is 0 Å². The zero-order valence-corrected chi connectivity index (χ0v) is 12.1. The summed E-state index contributed by atoms with van der Waals surface area (Å²) in [5.41, 5.74) is 0. The molecule has 1 fully saturated rings. The summed E-state index contributed by atoms with van der Waals surface area (Å²) in [6, 6.07) is 0. The molecule has 3 nitrogen and oxygen atoms in total. The van der Waals surface area contributed by atoms with E-state index in [9.17, 15) is 0 Å². The lowest BCUT2D eigenvalue weighted by atomic mass is 10.3. The highest BCUT2D eigenvalue weighted by Crippen LogP contribution is 2.19. The standard InChI is InChI=1S/C13H27NO2S/c1-3-15-8-5-7-14-10-12(2)17-11-13-6-4-9-16-13/h12-14H,3-11H2,1-2H3. The van der Waals surface area contributed by atoms with Crippen molar-refractivity contribution in [3.8, 4) is 0 Å². The van der Waals surface area contributed by atoms with Crippen molar-refractivity contribution in [2.24, 2.45) is 0 Å². The second-order valence-corrected chi connectivity index (χ2v) is 6.00. The second-order valence-electron chi connectivity index (χ2n) is 4.53. The summed E-state index contributed by atoms with van der Waals surface area (Å²) in [6.45, 7) is 9.14. The van der Waals surface area contributed by atoms with Crippen LogP contribution in [0.15, 0.2) is 0 Å². The van der Waals surface area contributed by atoms with Crippen molar-refractivity contribution in [2.75, 3.05) is 38.7 Å². The van der Waals surface area contributed by atoms with Crippen LogP contribution in [0, 0.1) is 0 Å². The highest BCUT2D eigenvalue weighted by Gasteiger charge is 2.16. The maximum Gasteiger partial charge on any atom is 0.0666 e. The first-order valence-electron chi connectivity index (χ1n) is 6.84. The summed E-state index contributed by atoms with van der Waals surface area (Å²) in [5.74, 6) is 1.15. The summed E-state index contributed by atoms with van der Waals surface area (Å²) in [4.78, 5) is 0. The van der Waals surface area contributed by atoms with E-state index in [4.69, 9.17) is 9.47 Å². The Morgan fingerprint density at radius 3 is 3.12 bits per heavy atom. The first-order chi connectivity index (χ1) is 8.33. The van der Waals surface area contributed by atoms with Crippen LogP contribution >= 0.6 is 11.8 Å². The van der Waals surface area contributed by atoms with Crippen LogP contribution in [0.1, 0.15) is 33.1 Å². The molecule has 2 atom stereocenters. The molecule has 2 unspecified atom stereocenters. The van der Waals surface area contributed by atoms with Crippen molar-refractivity contribution in [3.63, 3.8) is 0 Å². The van der Waals surface area contributed by atoms with Crippen LogP contribution < -0.4 is 5.32 Å². The van der Waals surface area contributed by atoms with Crippen LogP contribution in [-0.4, -0.2) is 50.0 Å². The van der Waals surface area contributed by atoms with E-state index < -0.39 is 0 Å². The predicted molar refractivity (Wildman–Crippen MR) is 74.9 cm³/mol. The SMILES string of the molecule is CCOCCCNCC(C)SCC1CCCO1. The Balaban J connectivity index is 1.85. The second kappa shape index (κ2) is 10.2. The van der Waals surface area contributed by atoms with Gasteiger partial charge in [-0.3, -0.25) is 0 Å². The largest absolute Gasteiger partial charge is 0.382 e. The van der Waals surface area contributed by atoms with Crippen LogP contribution in [-0.2, 0) is 9.47 Å². The van der Waals surface area contributed by atoms with Gasteiger partial charge in [0.2, 0.25) is 0 Å². The van der Waals surface area contributed by atoms with Crippen LogP contribution in [0.25, 0.3) is 0 Å². The van der Waals surface area contributed by atoms with E-state index >= 15 is 0 Å². The highest BCUT2D eigenvalue weighted by molar-refractivity contribution is 7.99. The highest BCUT2D eigenvalue weighted by atomic mass is 32.2. The molecular formula is C13H27NO2S. The number of ether oxygens (including phenoxy) is 2. The molecule has 1 aliphatic rings. The van der Waals surface area contributed by atoms with E-state index in [1.54, 1.807) is 0 Å². The summed E-state index contributed by atoms with van der Waals surface area (Å²) >= 11 is 2.02. The van der Waals surface area contributed by atoms with Crippen molar-refractivity contribution < 1.29 is 9.47 Å². The molecule has 1 heterocycles. The molecule has 0 aromatic carbocycles. The molecule has 1 rings (SSSR count). The summed E-state index contributed by atoms with van der Waals surface area (Å²) < 4.78 is 10.9. The van der Waals surface area contributed by atoms with Gasteiger partial charge in [0.15, 0.2) is 0 Å². The fourth-order valence-corrected chi connectivity index (χ4v) is 2.90. The minimum atomic E-state index is 0.514. The van der Waals surface area contributed by atoms with Crippen molar-refractivity contribution in [1.29, 1.82) is 0 Å². The molecule has 0 bridgehead atoms. The number of nitrogens with one attached hydrogen (secondary N) is 1. The maximum absolute atomic E-state index is 5.62. The maximum atomic E-state index is 5.62. The van der Waals surface area contributed by atoms with E-state index in [2.05, 4.69) is 12.2 Å². The van der Waals surface area contributed by atoms with Gasteiger partial charge in [-0.25, -0.2) is 0 Å². The smallest absolute Gasteiger partial charge is 0.0666 e. The Bertz CT molecular complexity index is 175. The number of hydrogen-bond donors (Lipinski definition) is 1. The zero-order valence-electron chi connectivity index (χ0n) is 11.2. The molecule has 0 spiro atoms. The van der Waals surface area contributed by atoms with Gasteiger partial charge >= 0.3 is 0 Å². The van der Waals surface area contributed by atoms with Crippen molar-refractivity contribution in [2.45, 2.75) is 44.5 Å². The zero-order chi connectivity index (χ0) is 12.3. The van der Waals surface area contributed by atoms with Gasteiger partial charge in [0.1, 0.15) is 0 Å². The molecule has 0 radical (unpaired) electrons. The molecular weight excluding hydrogens is 234 g/mol. The molecule has 102 valence electrons. The Morgan fingerprint density at radius 2 is 2.41 bits per heavy atom. The Labute approximate surface area is 110 Å². The minimum Gasteiger partial charge on any atom is -0.382 e. The molecule has 4 heteroatoms. The van der Waals surface area contributed by atoms with E-state index in [1.165, 1.54) is 12.8 Å². The average molecular weight is 261 g/mol. The van der Waals surface area contributed by atoms with Gasteiger partial charge in [-0.2, -0.15) is 11.8 Å². The Hall–Kier alpha value is 0.230. The predicted octanol–water partition coefficient (Wildman–Crippen LogP) is 2.30. The van der Waals surface area contributed by atoms with Gasteiger partial charge in [0.25, 0.3) is 0 Å². The van der Waals surface area contributed by atoms with E-state index in [-0.39, 0.29) is 0 Å². The summed E-state index contributed by atoms with van der Waals surface area (Å²) in [5, 5.41) is 4.15. The quantitative estimate of drug-likeness (QED) is 0.611. The van der Waals surface area contributed by atoms with Crippen molar-refractivity contribution in [1.82, 2.24) is 5.32 Å².